The molecule has 0 aliphatic carbocycles. The van der Waals surface area contributed by atoms with E-state index in [1.54, 1.807) is 0 Å². The third-order valence-corrected chi connectivity index (χ3v) is 4.29. The predicted octanol–water partition coefficient (Wildman–Crippen LogP) is 4.44. The Labute approximate surface area is 100 Å². The topological polar surface area (TPSA) is 9.23 Å². The first-order chi connectivity index (χ1) is 7.51. The lowest BCUT2D eigenvalue weighted by Gasteiger charge is -2.15. The van der Waals surface area contributed by atoms with E-state index in [1.165, 1.54) is 6.04 Å². The van der Waals surface area contributed by atoms with Gasteiger partial charge in [-0.25, -0.2) is 0 Å². The minimum absolute atomic E-state index is 0.824. The Hall–Kier alpha value is -1.02. The molecular formula is C14H22OSi. The van der Waals surface area contributed by atoms with Gasteiger partial charge in [0.2, 0.25) is 0 Å². The minimum Gasteiger partial charge on any atom is -0.494 e. The van der Waals surface area contributed by atoms with Crippen LogP contribution in [0.3, 0.4) is 0 Å². The van der Waals surface area contributed by atoms with Gasteiger partial charge in [0.15, 0.2) is 0 Å². The summed E-state index contributed by atoms with van der Waals surface area (Å²) in [6, 6.07) is 9.39. The molecule has 0 saturated heterocycles. The van der Waals surface area contributed by atoms with Crippen molar-refractivity contribution < 1.29 is 4.74 Å². The first-order valence-electron chi connectivity index (χ1n) is 5.86. The van der Waals surface area contributed by atoms with Gasteiger partial charge in [-0.15, -0.1) is 0 Å². The summed E-state index contributed by atoms with van der Waals surface area (Å²) in [7, 11) is -0.909. The number of benzene rings is 1. The average molecular weight is 234 g/mol. The molecule has 88 valence electrons. The largest absolute Gasteiger partial charge is 0.494 e. The Balaban J connectivity index is 2.34. The molecule has 1 rings (SSSR count). The van der Waals surface area contributed by atoms with Crippen molar-refractivity contribution in [3.63, 3.8) is 0 Å². The molecule has 0 amide bonds. The van der Waals surface area contributed by atoms with Crippen LogP contribution in [0.5, 0.6) is 5.75 Å². The van der Waals surface area contributed by atoms with Crippen molar-refractivity contribution in [3.8, 4) is 5.75 Å². The van der Waals surface area contributed by atoms with Crippen LogP contribution in [0.2, 0.25) is 25.7 Å². The normalized spacial score (nSPS) is 11.2. The molecular weight excluding hydrogens is 212 g/mol. The van der Waals surface area contributed by atoms with Crippen LogP contribution >= 0.6 is 0 Å². The summed E-state index contributed by atoms with van der Waals surface area (Å²) in [6.45, 7) is 11.8. The van der Waals surface area contributed by atoms with Crippen molar-refractivity contribution >= 4 is 14.1 Å². The van der Waals surface area contributed by atoms with Crippen LogP contribution in [0.25, 0.3) is 6.08 Å². The van der Waals surface area contributed by atoms with E-state index in [0.29, 0.717) is 0 Å². The summed E-state index contributed by atoms with van der Waals surface area (Å²) < 4.78 is 5.72. The maximum Gasteiger partial charge on any atom is 0.119 e. The van der Waals surface area contributed by atoms with E-state index in [2.05, 4.69) is 26.2 Å². The Morgan fingerprint density at radius 2 is 2.06 bits per heavy atom. The monoisotopic (exact) mass is 234 g/mol. The lowest BCUT2D eigenvalue weighted by Crippen LogP contribution is -2.19. The van der Waals surface area contributed by atoms with Crippen molar-refractivity contribution in [2.75, 3.05) is 6.61 Å². The van der Waals surface area contributed by atoms with Gasteiger partial charge in [-0.2, -0.15) is 0 Å². The zero-order valence-corrected chi connectivity index (χ0v) is 11.6. The van der Waals surface area contributed by atoms with Gasteiger partial charge in [-0.3, -0.25) is 0 Å². The molecule has 0 unspecified atom stereocenters. The second-order valence-corrected chi connectivity index (χ2v) is 10.9. The number of rotatable bonds is 6. The standard InChI is InChI=1S/C14H22OSi/c1-5-13-8-6-9-14(12-13)15-10-7-11-16(2,3)4/h5-6,8-9,12H,1,7,10-11H2,2-4H3. The third kappa shape index (κ3) is 5.17. The van der Waals surface area contributed by atoms with E-state index in [0.717, 1.165) is 24.3 Å². The molecule has 0 fully saturated rings. The molecule has 1 aromatic rings. The molecule has 1 nitrogen and oxygen atoms in total. The average Bonchev–Trinajstić information content (AvgIpc) is 2.23. The highest BCUT2D eigenvalue weighted by atomic mass is 28.3. The predicted molar refractivity (Wildman–Crippen MR) is 74.8 cm³/mol. The highest BCUT2D eigenvalue weighted by Crippen LogP contribution is 2.16. The van der Waals surface area contributed by atoms with Gasteiger partial charge in [0.25, 0.3) is 0 Å². The quantitative estimate of drug-likeness (QED) is 0.522. The van der Waals surface area contributed by atoms with Crippen LogP contribution in [0.4, 0.5) is 0 Å². The molecule has 0 aliphatic rings. The van der Waals surface area contributed by atoms with Gasteiger partial charge in [0.05, 0.1) is 6.61 Å². The number of ether oxygens (including phenoxy) is 1. The highest BCUT2D eigenvalue weighted by Gasteiger charge is 2.11. The van der Waals surface area contributed by atoms with E-state index >= 15 is 0 Å². The first-order valence-corrected chi connectivity index (χ1v) is 9.57. The molecule has 1 aromatic carbocycles. The lowest BCUT2D eigenvalue weighted by molar-refractivity contribution is 0.316. The van der Waals surface area contributed by atoms with Gasteiger partial charge >= 0.3 is 0 Å². The van der Waals surface area contributed by atoms with Crippen molar-refractivity contribution in [2.45, 2.75) is 32.1 Å². The molecule has 0 heterocycles. The Morgan fingerprint density at radius 1 is 1.31 bits per heavy atom. The van der Waals surface area contributed by atoms with Crippen molar-refractivity contribution in [1.82, 2.24) is 0 Å². The summed E-state index contributed by atoms with van der Waals surface area (Å²) in [5.41, 5.74) is 1.11. The van der Waals surface area contributed by atoms with Gasteiger partial charge < -0.3 is 4.74 Å². The second-order valence-electron chi connectivity index (χ2n) is 5.29. The summed E-state index contributed by atoms with van der Waals surface area (Å²) in [4.78, 5) is 0. The van der Waals surface area contributed by atoms with Crippen LogP contribution in [0.1, 0.15) is 12.0 Å². The van der Waals surface area contributed by atoms with E-state index in [4.69, 9.17) is 4.74 Å². The van der Waals surface area contributed by atoms with E-state index in [1.807, 2.05) is 30.3 Å². The zero-order chi connectivity index (χ0) is 12.0. The Bertz CT molecular complexity index is 339. The van der Waals surface area contributed by atoms with Crippen molar-refractivity contribution in [3.05, 3.63) is 36.4 Å². The SMILES string of the molecule is C=Cc1cccc(OCCC[Si](C)(C)C)c1. The van der Waals surface area contributed by atoms with Gasteiger partial charge in [0, 0.05) is 8.07 Å². The second kappa shape index (κ2) is 5.90. The molecule has 0 radical (unpaired) electrons. The molecule has 0 aliphatic heterocycles. The fourth-order valence-electron chi connectivity index (χ4n) is 1.52. The summed E-state index contributed by atoms with van der Waals surface area (Å²) in [6.07, 6.45) is 3.00. The van der Waals surface area contributed by atoms with Crippen LogP contribution in [-0.2, 0) is 0 Å². The molecule has 0 spiro atoms. The fourth-order valence-corrected chi connectivity index (χ4v) is 2.73. The van der Waals surface area contributed by atoms with Crippen molar-refractivity contribution in [1.29, 1.82) is 0 Å². The van der Waals surface area contributed by atoms with Gasteiger partial charge in [0.1, 0.15) is 5.75 Å². The summed E-state index contributed by atoms with van der Waals surface area (Å²) >= 11 is 0. The number of hydrogen-bond acceptors (Lipinski definition) is 1. The smallest absolute Gasteiger partial charge is 0.119 e. The van der Waals surface area contributed by atoms with Crippen LogP contribution in [0.15, 0.2) is 30.8 Å². The summed E-state index contributed by atoms with van der Waals surface area (Å²) in [5.74, 6) is 0.952. The minimum atomic E-state index is -0.909. The Morgan fingerprint density at radius 3 is 2.69 bits per heavy atom. The molecule has 0 atom stereocenters. The number of hydrogen-bond donors (Lipinski definition) is 0. The van der Waals surface area contributed by atoms with Gasteiger partial charge in [-0.05, 0) is 24.1 Å². The molecule has 0 bridgehead atoms. The Kier molecular flexibility index (Phi) is 4.81. The first kappa shape index (κ1) is 13.0. The van der Waals surface area contributed by atoms with E-state index < -0.39 is 8.07 Å². The molecule has 0 aromatic heterocycles. The lowest BCUT2D eigenvalue weighted by atomic mass is 10.2. The zero-order valence-electron chi connectivity index (χ0n) is 10.6. The van der Waals surface area contributed by atoms with Crippen LogP contribution < -0.4 is 4.74 Å². The molecule has 0 N–H and O–H groups in total. The highest BCUT2D eigenvalue weighted by molar-refractivity contribution is 6.76. The summed E-state index contributed by atoms with van der Waals surface area (Å²) in [5, 5.41) is 0. The maximum absolute atomic E-state index is 5.72. The fraction of sp³-hybridized carbons (Fsp3) is 0.429. The third-order valence-electron chi connectivity index (χ3n) is 2.43. The maximum atomic E-state index is 5.72. The van der Waals surface area contributed by atoms with Crippen LogP contribution in [0, 0.1) is 0 Å². The molecule has 2 heteroatoms. The van der Waals surface area contributed by atoms with Crippen molar-refractivity contribution in [2.24, 2.45) is 0 Å². The van der Waals surface area contributed by atoms with Gasteiger partial charge in [-0.1, -0.05) is 50.5 Å². The molecule has 0 saturated carbocycles. The van der Waals surface area contributed by atoms with E-state index in [-0.39, 0.29) is 0 Å². The van der Waals surface area contributed by atoms with Crippen LogP contribution in [-0.4, -0.2) is 14.7 Å². The van der Waals surface area contributed by atoms with E-state index in [9.17, 15) is 0 Å². The molecule has 16 heavy (non-hydrogen) atoms.